The highest BCUT2D eigenvalue weighted by atomic mass is 32.1. The number of rotatable bonds is 9. The van der Waals surface area contributed by atoms with Crippen molar-refractivity contribution < 1.29 is 14.2 Å². The normalized spacial score (nSPS) is 14.4. The van der Waals surface area contributed by atoms with Crippen LogP contribution in [0.5, 0.6) is 17.2 Å². The lowest BCUT2D eigenvalue weighted by atomic mass is 10.0. The molecule has 1 saturated carbocycles. The molecule has 1 unspecified atom stereocenters. The average molecular weight is 411 g/mol. The fraction of sp³-hybridized carbons (Fsp3) is 0.348. The Balaban J connectivity index is 1.45. The maximum atomic E-state index is 5.41. The summed E-state index contributed by atoms with van der Waals surface area (Å²) in [6.07, 6.45) is 2.55. The summed E-state index contributed by atoms with van der Waals surface area (Å²) >= 11 is 1.65. The van der Waals surface area contributed by atoms with Gasteiger partial charge in [-0.25, -0.2) is 4.98 Å². The monoisotopic (exact) mass is 410 g/mol. The molecule has 2 aromatic carbocycles. The maximum Gasteiger partial charge on any atom is 0.161 e. The molecule has 0 bridgehead atoms. The molecule has 1 aliphatic rings. The third-order valence-electron chi connectivity index (χ3n) is 5.25. The third-order valence-corrected chi connectivity index (χ3v) is 6.19. The summed E-state index contributed by atoms with van der Waals surface area (Å²) in [4.78, 5) is 4.82. The molecule has 0 aliphatic heterocycles. The summed E-state index contributed by atoms with van der Waals surface area (Å²) in [6.45, 7) is 0.747. The van der Waals surface area contributed by atoms with E-state index in [1.807, 2.05) is 30.3 Å². The average Bonchev–Trinajstić information content (AvgIpc) is 3.50. The molecule has 152 valence electrons. The van der Waals surface area contributed by atoms with Gasteiger partial charge in [0.2, 0.25) is 0 Å². The van der Waals surface area contributed by atoms with E-state index >= 15 is 0 Å². The molecule has 6 heteroatoms. The van der Waals surface area contributed by atoms with E-state index in [1.54, 1.807) is 32.7 Å². The summed E-state index contributed by atoms with van der Waals surface area (Å²) < 4.78 is 16.0. The van der Waals surface area contributed by atoms with E-state index in [4.69, 9.17) is 19.2 Å². The highest BCUT2D eigenvalue weighted by molar-refractivity contribution is 7.13. The predicted octanol–water partition coefficient (Wildman–Crippen LogP) is 5.08. The van der Waals surface area contributed by atoms with Gasteiger partial charge in [-0.3, -0.25) is 0 Å². The van der Waals surface area contributed by atoms with Crippen molar-refractivity contribution in [1.82, 2.24) is 10.3 Å². The van der Waals surface area contributed by atoms with Gasteiger partial charge in [-0.1, -0.05) is 12.1 Å². The molecule has 0 radical (unpaired) electrons. The minimum absolute atomic E-state index is 0.354. The SMILES string of the molecule is COc1ccc(C(NCc2csc(-c3ccc(OC)c(OC)c3)n2)C2CC2)cc1. The zero-order valence-electron chi connectivity index (χ0n) is 17.0. The second kappa shape index (κ2) is 8.84. The largest absolute Gasteiger partial charge is 0.497 e. The quantitative estimate of drug-likeness (QED) is 0.533. The molecule has 3 aromatic rings. The molecule has 5 nitrogen and oxygen atoms in total. The van der Waals surface area contributed by atoms with Gasteiger partial charge in [-0.15, -0.1) is 11.3 Å². The van der Waals surface area contributed by atoms with Crippen molar-refractivity contribution in [3.63, 3.8) is 0 Å². The summed E-state index contributed by atoms with van der Waals surface area (Å²) in [6, 6.07) is 14.6. The van der Waals surface area contributed by atoms with Gasteiger partial charge in [-0.05, 0) is 54.7 Å². The number of methoxy groups -OCH3 is 3. The van der Waals surface area contributed by atoms with Crippen molar-refractivity contribution in [3.8, 4) is 27.8 Å². The number of benzene rings is 2. The van der Waals surface area contributed by atoms with Crippen molar-refractivity contribution in [1.29, 1.82) is 0 Å². The molecule has 4 rings (SSSR count). The van der Waals surface area contributed by atoms with Crippen molar-refractivity contribution >= 4 is 11.3 Å². The van der Waals surface area contributed by atoms with Crippen LogP contribution in [0.2, 0.25) is 0 Å². The van der Waals surface area contributed by atoms with Crippen LogP contribution >= 0.6 is 11.3 Å². The van der Waals surface area contributed by atoms with Crippen molar-refractivity contribution in [2.24, 2.45) is 5.92 Å². The first-order valence-electron chi connectivity index (χ1n) is 9.76. The lowest BCUT2D eigenvalue weighted by Gasteiger charge is -2.18. The Morgan fingerprint density at radius 3 is 2.41 bits per heavy atom. The Morgan fingerprint density at radius 1 is 1.00 bits per heavy atom. The first-order chi connectivity index (χ1) is 14.2. The number of aromatic nitrogens is 1. The number of nitrogens with zero attached hydrogens (tertiary/aromatic N) is 1. The molecule has 1 N–H and O–H groups in total. The molecule has 0 spiro atoms. The summed E-state index contributed by atoms with van der Waals surface area (Å²) in [5, 5.41) is 6.82. The molecular formula is C23H26N2O3S. The van der Waals surface area contributed by atoms with Gasteiger partial charge in [0.25, 0.3) is 0 Å². The van der Waals surface area contributed by atoms with Crippen LogP contribution in [-0.4, -0.2) is 26.3 Å². The highest BCUT2D eigenvalue weighted by Gasteiger charge is 2.32. The smallest absolute Gasteiger partial charge is 0.161 e. The molecule has 0 amide bonds. The van der Waals surface area contributed by atoms with Gasteiger partial charge >= 0.3 is 0 Å². The lowest BCUT2D eigenvalue weighted by Crippen LogP contribution is -2.22. The summed E-state index contributed by atoms with van der Waals surface area (Å²) in [7, 11) is 4.99. The second-order valence-corrected chi connectivity index (χ2v) is 8.04. The van der Waals surface area contributed by atoms with Crippen LogP contribution in [0, 0.1) is 5.92 Å². The predicted molar refractivity (Wildman–Crippen MR) is 116 cm³/mol. The van der Waals surface area contributed by atoms with Crippen LogP contribution in [-0.2, 0) is 6.54 Å². The van der Waals surface area contributed by atoms with E-state index in [-0.39, 0.29) is 0 Å². The Morgan fingerprint density at radius 2 is 1.76 bits per heavy atom. The van der Waals surface area contributed by atoms with E-state index < -0.39 is 0 Å². The lowest BCUT2D eigenvalue weighted by molar-refractivity contribution is 0.355. The van der Waals surface area contributed by atoms with E-state index in [0.29, 0.717) is 17.7 Å². The number of hydrogen-bond donors (Lipinski definition) is 1. The number of hydrogen-bond acceptors (Lipinski definition) is 6. The molecule has 0 saturated heterocycles. The number of thiazole rings is 1. The second-order valence-electron chi connectivity index (χ2n) is 7.18. The van der Waals surface area contributed by atoms with E-state index in [0.717, 1.165) is 34.3 Å². The first-order valence-corrected chi connectivity index (χ1v) is 10.6. The van der Waals surface area contributed by atoms with E-state index in [9.17, 15) is 0 Å². The van der Waals surface area contributed by atoms with Crippen LogP contribution in [0.25, 0.3) is 10.6 Å². The van der Waals surface area contributed by atoms with E-state index in [2.05, 4.69) is 22.8 Å². The summed E-state index contributed by atoms with van der Waals surface area (Å²) in [5.74, 6) is 3.03. The van der Waals surface area contributed by atoms with Crippen LogP contribution in [0.1, 0.15) is 30.1 Å². The number of nitrogens with one attached hydrogen (secondary N) is 1. The topological polar surface area (TPSA) is 52.6 Å². The van der Waals surface area contributed by atoms with Crippen molar-refractivity contribution in [2.45, 2.75) is 25.4 Å². The third kappa shape index (κ3) is 4.54. The summed E-state index contributed by atoms with van der Waals surface area (Å²) in [5.41, 5.74) is 3.40. The van der Waals surface area contributed by atoms with Gasteiger partial charge in [0.1, 0.15) is 10.8 Å². The van der Waals surface area contributed by atoms with Crippen molar-refractivity contribution in [3.05, 3.63) is 59.1 Å². The van der Waals surface area contributed by atoms with Crippen LogP contribution < -0.4 is 19.5 Å². The fourth-order valence-electron chi connectivity index (χ4n) is 3.50. The Kier molecular flexibility index (Phi) is 6.02. The van der Waals surface area contributed by atoms with Crippen LogP contribution in [0.3, 0.4) is 0 Å². The fourth-order valence-corrected chi connectivity index (χ4v) is 4.32. The molecule has 29 heavy (non-hydrogen) atoms. The zero-order chi connectivity index (χ0) is 20.2. The van der Waals surface area contributed by atoms with Crippen LogP contribution in [0.15, 0.2) is 47.8 Å². The first kappa shape index (κ1) is 19.7. The molecular weight excluding hydrogens is 384 g/mol. The molecule has 1 heterocycles. The van der Waals surface area contributed by atoms with Gasteiger partial charge in [0.15, 0.2) is 11.5 Å². The molecule has 1 aliphatic carbocycles. The standard InChI is InChI=1S/C23H26N2O3S/c1-26-19-9-6-16(7-10-19)22(15-4-5-15)24-13-18-14-29-23(25-18)17-8-11-20(27-2)21(12-17)28-3/h6-12,14-15,22,24H,4-5,13H2,1-3H3. The Bertz CT molecular complexity index is 951. The Hall–Kier alpha value is -2.57. The van der Waals surface area contributed by atoms with E-state index in [1.165, 1.54) is 18.4 Å². The van der Waals surface area contributed by atoms with Gasteiger partial charge in [-0.2, -0.15) is 0 Å². The van der Waals surface area contributed by atoms with Gasteiger partial charge in [0, 0.05) is 23.5 Å². The Labute approximate surface area is 175 Å². The van der Waals surface area contributed by atoms with Gasteiger partial charge in [0.05, 0.1) is 27.0 Å². The molecule has 1 atom stereocenters. The number of ether oxygens (including phenoxy) is 3. The van der Waals surface area contributed by atoms with Gasteiger partial charge < -0.3 is 19.5 Å². The minimum Gasteiger partial charge on any atom is -0.497 e. The molecule has 1 aromatic heterocycles. The maximum absolute atomic E-state index is 5.41. The zero-order valence-corrected chi connectivity index (χ0v) is 17.8. The minimum atomic E-state index is 0.354. The molecule has 1 fully saturated rings. The highest BCUT2D eigenvalue weighted by Crippen LogP contribution is 2.41. The van der Waals surface area contributed by atoms with Crippen molar-refractivity contribution in [2.75, 3.05) is 21.3 Å². The van der Waals surface area contributed by atoms with Crippen LogP contribution in [0.4, 0.5) is 0 Å².